The summed E-state index contributed by atoms with van der Waals surface area (Å²) in [5.74, 6) is -0.868. The number of rotatable bonds is 6. The van der Waals surface area contributed by atoms with Crippen LogP contribution < -0.4 is 5.32 Å². The molecule has 7 heteroatoms. The van der Waals surface area contributed by atoms with Crippen molar-refractivity contribution in [2.45, 2.75) is 38.2 Å². The molecule has 1 aromatic heterocycles. The summed E-state index contributed by atoms with van der Waals surface area (Å²) < 4.78 is 12.5. The second-order valence-electron chi connectivity index (χ2n) is 6.89. The third-order valence-electron chi connectivity index (χ3n) is 5.01. The molecule has 142 valence electrons. The average molecular weight is 369 g/mol. The fourth-order valence-corrected chi connectivity index (χ4v) is 3.67. The standard InChI is InChI=1S/C20H23N3O4/c24-18(21-12-15-8-5-11-26-15)13-27-20(25)19-16-9-4-10-17(16)23(22-19)14-6-2-1-3-7-14/h1-3,6-7,15H,4-5,8-13H2,(H,21,24). The van der Waals surface area contributed by atoms with E-state index in [-0.39, 0.29) is 18.6 Å². The monoisotopic (exact) mass is 369 g/mol. The van der Waals surface area contributed by atoms with E-state index in [1.54, 1.807) is 0 Å². The number of esters is 1. The molecule has 1 unspecified atom stereocenters. The molecule has 7 nitrogen and oxygen atoms in total. The molecule has 27 heavy (non-hydrogen) atoms. The van der Waals surface area contributed by atoms with Crippen LogP contribution in [-0.4, -0.2) is 47.5 Å². The van der Waals surface area contributed by atoms with Gasteiger partial charge in [-0.3, -0.25) is 4.79 Å². The summed E-state index contributed by atoms with van der Waals surface area (Å²) in [6.07, 6.45) is 4.70. The molecule has 0 saturated carbocycles. The first-order valence-electron chi connectivity index (χ1n) is 9.44. The summed E-state index contributed by atoms with van der Waals surface area (Å²) in [7, 11) is 0. The Hall–Kier alpha value is -2.67. The molecule has 0 radical (unpaired) electrons. The maximum absolute atomic E-state index is 12.5. The van der Waals surface area contributed by atoms with Gasteiger partial charge in [0.15, 0.2) is 12.3 Å². The molecule has 1 atom stereocenters. The summed E-state index contributed by atoms with van der Waals surface area (Å²) in [5.41, 5.74) is 3.22. The van der Waals surface area contributed by atoms with Crippen molar-refractivity contribution in [1.82, 2.24) is 15.1 Å². The molecule has 4 rings (SSSR count). The van der Waals surface area contributed by atoms with Crippen LogP contribution in [0.15, 0.2) is 30.3 Å². The van der Waals surface area contributed by atoms with Crippen molar-refractivity contribution in [3.05, 3.63) is 47.3 Å². The van der Waals surface area contributed by atoms with Crippen LogP contribution in [0.4, 0.5) is 0 Å². The van der Waals surface area contributed by atoms with E-state index in [0.29, 0.717) is 12.2 Å². The Balaban J connectivity index is 1.39. The Bertz CT molecular complexity index is 825. The number of para-hydroxylation sites is 1. The molecule has 2 aromatic rings. The summed E-state index contributed by atoms with van der Waals surface area (Å²) in [6.45, 7) is 0.887. The topological polar surface area (TPSA) is 82.5 Å². The SMILES string of the molecule is O=C(COC(=O)c1nn(-c2ccccc2)c2c1CCC2)NCC1CCCO1. The lowest BCUT2D eigenvalue weighted by Gasteiger charge is -2.10. The summed E-state index contributed by atoms with van der Waals surface area (Å²) in [6, 6.07) is 9.74. The molecule has 0 spiro atoms. The van der Waals surface area contributed by atoms with Gasteiger partial charge in [0.05, 0.1) is 11.8 Å². The van der Waals surface area contributed by atoms with Crippen LogP contribution in [-0.2, 0) is 27.1 Å². The quantitative estimate of drug-likeness (QED) is 0.786. The zero-order chi connectivity index (χ0) is 18.6. The molecule has 2 aliphatic rings. The minimum absolute atomic E-state index is 0.0643. The second-order valence-corrected chi connectivity index (χ2v) is 6.89. The van der Waals surface area contributed by atoms with Gasteiger partial charge in [-0.2, -0.15) is 5.10 Å². The maximum atomic E-state index is 12.5. The van der Waals surface area contributed by atoms with Crippen molar-refractivity contribution in [2.75, 3.05) is 19.8 Å². The van der Waals surface area contributed by atoms with Gasteiger partial charge in [-0.1, -0.05) is 18.2 Å². The Kier molecular flexibility index (Phi) is 5.20. The van der Waals surface area contributed by atoms with Crippen molar-refractivity contribution in [1.29, 1.82) is 0 Å². The van der Waals surface area contributed by atoms with Crippen molar-refractivity contribution in [3.8, 4) is 5.69 Å². The van der Waals surface area contributed by atoms with Gasteiger partial charge in [-0.25, -0.2) is 9.48 Å². The van der Waals surface area contributed by atoms with Gasteiger partial charge in [0, 0.05) is 24.4 Å². The lowest BCUT2D eigenvalue weighted by atomic mass is 10.2. The first-order valence-corrected chi connectivity index (χ1v) is 9.44. The molecule has 0 bridgehead atoms. The van der Waals surface area contributed by atoms with Crippen LogP contribution in [0.3, 0.4) is 0 Å². The number of ether oxygens (including phenoxy) is 2. The Morgan fingerprint density at radius 1 is 1.22 bits per heavy atom. The Morgan fingerprint density at radius 3 is 2.85 bits per heavy atom. The van der Waals surface area contributed by atoms with Gasteiger partial charge in [0.2, 0.25) is 0 Å². The second kappa shape index (κ2) is 7.92. The van der Waals surface area contributed by atoms with E-state index in [4.69, 9.17) is 9.47 Å². The number of carbonyl (C=O) groups excluding carboxylic acids is 2. The number of nitrogens with one attached hydrogen (secondary N) is 1. The van der Waals surface area contributed by atoms with E-state index >= 15 is 0 Å². The zero-order valence-electron chi connectivity index (χ0n) is 15.1. The first-order chi connectivity index (χ1) is 13.2. The highest BCUT2D eigenvalue weighted by atomic mass is 16.5. The Labute approximate surface area is 157 Å². The van der Waals surface area contributed by atoms with Gasteiger partial charge >= 0.3 is 5.97 Å². The predicted octanol–water partition coefficient (Wildman–Crippen LogP) is 1.81. The number of hydrogen-bond acceptors (Lipinski definition) is 5. The third kappa shape index (κ3) is 3.88. The van der Waals surface area contributed by atoms with Gasteiger partial charge in [0.1, 0.15) is 0 Å². The van der Waals surface area contributed by atoms with E-state index in [2.05, 4.69) is 10.4 Å². The van der Waals surface area contributed by atoms with E-state index in [9.17, 15) is 9.59 Å². The van der Waals surface area contributed by atoms with Crippen molar-refractivity contribution < 1.29 is 19.1 Å². The van der Waals surface area contributed by atoms with Crippen molar-refractivity contribution >= 4 is 11.9 Å². The third-order valence-corrected chi connectivity index (χ3v) is 5.01. The fraction of sp³-hybridized carbons (Fsp3) is 0.450. The van der Waals surface area contributed by atoms with Gasteiger partial charge in [-0.15, -0.1) is 0 Å². The van der Waals surface area contributed by atoms with Gasteiger partial charge in [0.25, 0.3) is 5.91 Å². The number of benzene rings is 1. The normalized spacial score (nSPS) is 18.3. The lowest BCUT2D eigenvalue weighted by molar-refractivity contribution is -0.124. The minimum Gasteiger partial charge on any atom is -0.451 e. The molecule has 1 amide bonds. The van der Waals surface area contributed by atoms with Crippen LogP contribution in [0.5, 0.6) is 0 Å². The number of nitrogens with zero attached hydrogens (tertiary/aromatic N) is 2. The first kappa shape index (κ1) is 17.7. The van der Waals surface area contributed by atoms with Crippen LogP contribution in [0.1, 0.15) is 41.0 Å². The predicted molar refractivity (Wildman–Crippen MR) is 97.9 cm³/mol. The molecule has 1 N–H and O–H groups in total. The highest BCUT2D eigenvalue weighted by Gasteiger charge is 2.28. The van der Waals surface area contributed by atoms with Gasteiger partial charge < -0.3 is 14.8 Å². The Morgan fingerprint density at radius 2 is 2.07 bits per heavy atom. The average Bonchev–Trinajstić information content (AvgIpc) is 3.42. The lowest BCUT2D eigenvalue weighted by Crippen LogP contribution is -2.34. The largest absolute Gasteiger partial charge is 0.451 e. The highest BCUT2D eigenvalue weighted by Crippen LogP contribution is 2.28. The van der Waals surface area contributed by atoms with E-state index in [1.165, 1.54) is 0 Å². The molecule has 1 fully saturated rings. The highest BCUT2D eigenvalue weighted by molar-refractivity contribution is 5.91. The molecule has 1 saturated heterocycles. The van der Waals surface area contributed by atoms with E-state index in [0.717, 1.165) is 55.7 Å². The van der Waals surface area contributed by atoms with Crippen LogP contribution in [0, 0.1) is 0 Å². The maximum Gasteiger partial charge on any atom is 0.359 e. The number of aromatic nitrogens is 2. The summed E-state index contributed by atoms with van der Waals surface area (Å²) >= 11 is 0. The van der Waals surface area contributed by atoms with E-state index in [1.807, 2.05) is 35.0 Å². The van der Waals surface area contributed by atoms with Crippen molar-refractivity contribution in [2.24, 2.45) is 0 Å². The summed E-state index contributed by atoms with van der Waals surface area (Å²) in [4.78, 5) is 24.4. The zero-order valence-corrected chi connectivity index (χ0v) is 15.1. The summed E-state index contributed by atoms with van der Waals surface area (Å²) in [5, 5.41) is 7.23. The van der Waals surface area contributed by atoms with Crippen LogP contribution in [0.2, 0.25) is 0 Å². The smallest absolute Gasteiger partial charge is 0.359 e. The molecular formula is C20H23N3O4. The molecule has 1 aliphatic heterocycles. The fourth-order valence-electron chi connectivity index (χ4n) is 3.67. The van der Waals surface area contributed by atoms with Crippen LogP contribution in [0.25, 0.3) is 5.69 Å². The number of fused-ring (bicyclic) bond motifs is 1. The molecule has 2 heterocycles. The van der Waals surface area contributed by atoms with Crippen LogP contribution >= 0.6 is 0 Å². The number of hydrogen-bond donors (Lipinski definition) is 1. The number of carbonyl (C=O) groups is 2. The van der Waals surface area contributed by atoms with E-state index < -0.39 is 5.97 Å². The number of amides is 1. The van der Waals surface area contributed by atoms with Gasteiger partial charge in [-0.05, 0) is 44.2 Å². The molecular weight excluding hydrogens is 346 g/mol. The van der Waals surface area contributed by atoms with Crippen molar-refractivity contribution in [3.63, 3.8) is 0 Å². The molecule has 1 aliphatic carbocycles. The molecule has 1 aromatic carbocycles. The minimum atomic E-state index is -0.546.